The molecule has 142 valence electrons. The molecule has 0 aliphatic carbocycles. The quantitative estimate of drug-likeness (QED) is 0.388. The molecule has 0 bridgehead atoms. The van der Waals surface area contributed by atoms with E-state index < -0.39 is 0 Å². The van der Waals surface area contributed by atoms with Crippen LogP contribution in [-0.2, 0) is 6.42 Å². The highest BCUT2D eigenvalue weighted by Gasteiger charge is 2.19. The van der Waals surface area contributed by atoms with Gasteiger partial charge in [0.25, 0.3) is 0 Å². The van der Waals surface area contributed by atoms with Crippen molar-refractivity contribution in [3.8, 4) is 21.1 Å². The van der Waals surface area contributed by atoms with Gasteiger partial charge in [-0.3, -0.25) is 0 Å². The smallest absolute Gasteiger partial charge is 0.177 e. The summed E-state index contributed by atoms with van der Waals surface area (Å²) in [6.07, 6.45) is 0.793. The largest absolute Gasteiger partial charge is 0.214 e. The van der Waals surface area contributed by atoms with Gasteiger partial charge >= 0.3 is 0 Å². The summed E-state index contributed by atoms with van der Waals surface area (Å²) in [4.78, 5) is 2.19. The summed E-state index contributed by atoms with van der Waals surface area (Å²) in [5.41, 5.74) is 4.84. The highest BCUT2D eigenvalue weighted by atomic mass is 35.5. The minimum absolute atomic E-state index is 0.354. The van der Waals surface area contributed by atoms with Crippen molar-refractivity contribution in [2.24, 2.45) is 0 Å². The molecule has 7 heteroatoms. The minimum atomic E-state index is 0.354. The summed E-state index contributed by atoms with van der Waals surface area (Å²) >= 11 is 14.0. The molecule has 0 radical (unpaired) electrons. The first-order chi connectivity index (χ1) is 13.5. The van der Waals surface area contributed by atoms with Gasteiger partial charge in [-0.15, -0.1) is 21.5 Å². The Morgan fingerprint density at radius 2 is 1.75 bits per heavy atom. The van der Waals surface area contributed by atoms with E-state index in [9.17, 15) is 0 Å². The highest BCUT2D eigenvalue weighted by molar-refractivity contribution is 7.19. The predicted octanol–water partition coefficient (Wildman–Crippen LogP) is 6.62. The lowest BCUT2D eigenvalue weighted by molar-refractivity contribution is 0.869. The predicted molar refractivity (Wildman–Crippen MR) is 116 cm³/mol. The molecule has 28 heavy (non-hydrogen) atoms. The molecule has 0 spiro atoms. The van der Waals surface area contributed by atoms with E-state index in [1.807, 2.05) is 18.2 Å². The van der Waals surface area contributed by atoms with Gasteiger partial charge in [-0.1, -0.05) is 55.2 Å². The first-order valence-electron chi connectivity index (χ1n) is 8.92. The molecule has 2 heterocycles. The van der Waals surface area contributed by atoms with Crippen molar-refractivity contribution in [2.45, 2.75) is 26.2 Å². The number of aromatic nitrogens is 4. The third-order valence-electron chi connectivity index (χ3n) is 4.56. The zero-order valence-corrected chi connectivity index (χ0v) is 17.7. The monoisotopic (exact) mass is 428 g/mol. The molecular weight excluding hydrogens is 411 g/mol. The van der Waals surface area contributed by atoms with Crippen LogP contribution in [0, 0.1) is 0 Å². The van der Waals surface area contributed by atoms with Gasteiger partial charge in [0.2, 0.25) is 5.82 Å². The molecule has 4 rings (SSSR count). The van der Waals surface area contributed by atoms with Crippen LogP contribution in [0.4, 0.5) is 0 Å². The molecule has 2 aromatic heterocycles. The molecule has 0 aliphatic rings. The van der Waals surface area contributed by atoms with Crippen LogP contribution in [0.1, 0.15) is 36.5 Å². The van der Waals surface area contributed by atoms with Crippen molar-refractivity contribution in [2.75, 3.05) is 0 Å². The summed E-state index contributed by atoms with van der Waals surface area (Å²) in [5, 5.41) is 16.0. The Labute approximate surface area is 177 Å². The molecular formula is C21H18Cl2N4S. The number of aromatic amines is 1. The maximum atomic E-state index is 6.28. The fourth-order valence-corrected chi connectivity index (χ4v) is 4.67. The lowest BCUT2D eigenvalue weighted by Crippen LogP contribution is -1.94. The highest BCUT2D eigenvalue weighted by Crippen LogP contribution is 2.41. The normalized spacial score (nSPS) is 11.3. The Morgan fingerprint density at radius 3 is 2.43 bits per heavy atom. The van der Waals surface area contributed by atoms with Gasteiger partial charge in [0.05, 0.1) is 4.88 Å². The number of hydrogen-bond acceptors (Lipinski definition) is 4. The van der Waals surface area contributed by atoms with Crippen LogP contribution in [0.3, 0.4) is 0 Å². The first kappa shape index (κ1) is 19.1. The second-order valence-corrected chi connectivity index (χ2v) is 8.82. The first-order valence-corrected chi connectivity index (χ1v) is 10.5. The third kappa shape index (κ3) is 3.97. The van der Waals surface area contributed by atoms with E-state index in [2.05, 4.69) is 64.8 Å². The van der Waals surface area contributed by atoms with Gasteiger partial charge in [0.15, 0.2) is 0 Å². The number of halogens is 2. The summed E-state index contributed by atoms with van der Waals surface area (Å²) in [6, 6.07) is 16.2. The lowest BCUT2D eigenvalue weighted by atomic mass is 9.93. The molecule has 2 aromatic carbocycles. The lowest BCUT2D eigenvalue weighted by Gasteiger charge is -2.14. The van der Waals surface area contributed by atoms with Gasteiger partial charge in [0, 0.05) is 14.9 Å². The number of thiophene rings is 1. The number of nitrogens with zero attached hydrogens (tertiary/aromatic N) is 3. The Bertz CT molecular complexity index is 1090. The number of rotatable bonds is 5. The van der Waals surface area contributed by atoms with Crippen LogP contribution in [0.25, 0.3) is 21.1 Å². The number of tetrazole rings is 1. The molecule has 0 fully saturated rings. The van der Waals surface area contributed by atoms with Crippen LogP contribution in [-0.4, -0.2) is 20.6 Å². The summed E-state index contributed by atoms with van der Waals surface area (Å²) in [7, 11) is 0. The van der Waals surface area contributed by atoms with Crippen molar-refractivity contribution in [1.29, 1.82) is 0 Å². The van der Waals surface area contributed by atoms with Crippen LogP contribution in [0.2, 0.25) is 10.0 Å². The van der Waals surface area contributed by atoms with Gasteiger partial charge in [0.1, 0.15) is 0 Å². The average molecular weight is 429 g/mol. The molecule has 0 saturated carbocycles. The zero-order valence-electron chi connectivity index (χ0n) is 15.4. The standard InChI is InChI=1S/C21H18Cl2N4S/c1-12(2)18-11-16(23)7-8-17(18)20-14(9-13-3-5-15(22)6-4-13)10-19(28-20)21-24-26-27-25-21/h3-8,10-12H,9H2,1-2H3,(H,24,25,26,27). The molecule has 4 nitrogen and oxygen atoms in total. The third-order valence-corrected chi connectivity index (χ3v) is 6.26. The molecule has 0 unspecified atom stereocenters. The van der Waals surface area contributed by atoms with E-state index in [4.69, 9.17) is 23.2 Å². The van der Waals surface area contributed by atoms with Crippen molar-refractivity contribution in [3.63, 3.8) is 0 Å². The SMILES string of the molecule is CC(C)c1cc(Cl)ccc1-c1sc(-c2nn[nH]n2)cc1Cc1ccc(Cl)cc1. The van der Waals surface area contributed by atoms with Crippen molar-refractivity contribution < 1.29 is 0 Å². The summed E-state index contributed by atoms with van der Waals surface area (Å²) < 4.78 is 0. The Balaban J connectivity index is 1.84. The number of hydrogen-bond donors (Lipinski definition) is 1. The van der Waals surface area contributed by atoms with E-state index in [0.29, 0.717) is 11.7 Å². The van der Waals surface area contributed by atoms with Gasteiger partial charge in [-0.05, 0) is 70.1 Å². The van der Waals surface area contributed by atoms with E-state index >= 15 is 0 Å². The number of benzene rings is 2. The van der Waals surface area contributed by atoms with Gasteiger partial charge < -0.3 is 0 Å². The van der Waals surface area contributed by atoms with Crippen molar-refractivity contribution in [3.05, 3.63) is 75.3 Å². The van der Waals surface area contributed by atoms with E-state index in [-0.39, 0.29) is 0 Å². The van der Waals surface area contributed by atoms with Crippen molar-refractivity contribution >= 4 is 34.5 Å². The Morgan fingerprint density at radius 1 is 1.00 bits per heavy atom. The molecule has 0 aliphatic heterocycles. The zero-order chi connectivity index (χ0) is 19.7. The summed E-state index contributed by atoms with van der Waals surface area (Å²) in [6.45, 7) is 4.36. The Hall–Kier alpha value is -2.21. The molecule has 4 aromatic rings. The van der Waals surface area contributed by atoms with E-state index in [0.717, 1.165) is 21.3 Å². The van der Waals surface area contributed by atoms with Crippen molar-refractivity contribution in [1.82, 2.24) is 20.6 Å². The van der Waals surface area contributed by atoms with Crippen LogP contribution >= 0.6 is 34.5 Å². The topological polar surface area (TPSA) is 54.5 Å². The average Bonchev–Trinajstić information content (AvgIpc) is 3.33. The number of nitrogens with one attached hydrogen (secondary N) is 1. The molecule has 1 N–H and O–H groups in total. The van der Waals surface area contributed by atoms with E-state index in [1.165, 1.54) is 27.1 Å². The molecule has 0 amide bonds. The maximum absolute atomic E-state index is 6.28. The fraction of sp³-hybridized carbons (Fsp3) is 0.190. The second kappa shape index (κ2) is 8.03. The molecule has 0 saturated heterocycles. The van der Waals surface area contributed by atoms with E-state index in [1.54, 1.807) is 11.3 Å². The minimum Gasteiger partial charge on any atom is -0.177 e. The molecule has 0 atom stereocenters. The van der Waals surface area contributed by atoms with Crippen LogP contribution < -0.4 is 0 Å². The fourth-order valence-electron chi connectivity index (χ4n) is 3.20. The number of H-pyrrole nitrogens is 1. The second-order valence-electron chi connectivity index (χ2n) is 6.89. The summed E-state index contributed by atoms with van der Waals surface area (Å²) in [5.74, 6) is 0.960. The van der Waals surface area contributed by atoms with Gasteiger partial charge in [-0.25, -0.2) is 0 Å². The van der Waals surface area contributed by atoms with Gasteiger partial charge in [-0.2, -0.15) is 5.21 Å². The van der Waals surface area contributed by atoms with Crippen LogP contribution in [0.15, 0.2) is 48.5 Å². The maximum Gasteiger partial charge on any atom is 0.214 e. The Kier molecular flexibility index (Phi) is 5.49. The van der Waals surface area contributed by atoms with Crippen LogP contribution in [0.5, 0.6) is 0 Å².